The average Bonchev–Trinajstić information content (AvgIpc) is 2.97. The van der Waals surface area contributed by atoms with E-state index in [1.807, 2.05) is 54.6 Å². The molecule has 3 aromatic carbocycles. The summed E-state index contributed by atoms with van der Waals surface area (Å²) >= 11 is 0. The largest absolute Gasteiger partial charge is 0.377 e. The molecule has 0 aliphatic heterocycles. The highest BCUT2D eigenvalue weighted by Gasteiger charge is 2.29. The molecule has 0 saturated heterocycles. The Hall–Kier alpha value is -2.99. The third-order valence-electron chi connectivity index (χ3n) is 7.22. The van der Waals surface area contributed by atoms with Gasteiger partial charge in [0.25, 0.3) is 0 Å². The Morgan fingerprint density at radius 2 is 0.872 bits per heavy atom. The predicted octanol–water partition coefficient (Wildman–Crippen LogP) is 7.23. The summed E-state index contributed by atoms with van der Waals surface area (Å²) in [7, 11) is 0. The minimum Gasteiger partial charge on any atom is -0.377 e. The molecule has 0 aliphatic rings. The number of hydrogen-bond donors (Lipinski definition) is 1. The van der Waals surface area contributed by atoms with Crippen LogP contribution in [0.3, 0.4) is 0 Å². The molecule has 0 unspecified atom stereocenters. The van der Waals surface area contributed by atoms with Gasteiger partial charge in [0, 0.05) is 26.2 Å². The fraction of sp³-hybridized carbons (Fsp3) is 0.441. The summed E-state index contributed by atoms with van der Waals surface area (Å²) in [6, 6.07) is 30.8. The van der Waals surface area contributed by atoms with E-state index in [1.165, 1.54) is 16.7 Å². The first kappa shape index (κ1) is 30.6. The molecule has 0 radical (unpaired) electrons. The van der Waals surface area contributed by atoms with Crippen LogP contribution >= 0.6 is 0 Å². The average molecular weight is 532 g/mol. The zero-order valence-electron chi connectivity index (χ0n) is 23.3. The summed E-state index contributed by atoms with van der Waals surface area (Å²) in [5.41, 5.74) is 9.17. The van der Waals surface area contributed by atoms with Gasteiger partial charge in [-0.3, -0.25) is 4.79 Å². The van der Waals surface area contributed by atoms with Gasteiger partial charge in [0.15, 0.2) is 0 Å². The number of benzene rings is 3. The Morgan fingerprint density at radius 1 is 0.538 bits per heavy atom. The van der Waals surface area contributed by atoms with E-state index in [0.29, 0.717) is 46.1 Å². The quantitative estimate of drug-likeness (QED) is 0.147. The monoisotopic (exact) mass is 531 g/mol. The minimum absolute atomic E-state index is 0.0113. The number of amides is 1. The van der Waals surface area contributed by atoms with Gasteiger partial charge in [-0.2, -0.15) is 0 Å². The van der Waals surface area contributed by atoms with Crippen molar-refractivity contribution in [2.75, 3.05) is 19.8 Å². The fourth-order valence-corrected chi connectivity index (χ4v) is 5.08. The lowest BCUT2D eigenvalue weighted by molar-refractivity contribution is -0.118. The predicted molar refractivity (Wildman–Crippen MR) is 157 cm³/mol. The van der Waals surface area contributed by atoms with E-state index in [0.717, 1.165) is 44.9 Å². The zero-order chi connectivity index (χ0) is 27.4. The maximum atomic E-state index is 11.8. The van der Waals surface area contributed by atoms with Gasteiger partial charge in [-0.1, -0.05) is 91.0 Å². The van der Waals surface area contributed by atoms with Crippen LogP contribution in [-0.2, 0) is 38.8 Å². The molecule has 0 bridgehead atoms. The molecule has 39 heavy (non-hydrogen) atoms. The number of hydrogen-bond acceptors (Lipinski definition) is 4. The van der Waals surface area contributed by atoms with E-state index in [4.69, 9.17) is 19.9 Å². The van der Waals surface area contributed by atoms with Crippen molar-refractivity contribution in [3.05, 3.63) is 108 Å². The number of primary amides is 1. The normalized spacial score (nSPS) is 11.5. The van der Waals surface area contributed by atoms with Crippen molar-refractivity contribution < 1.29 is 19.0 Å². The number of rotatable bonds is 21. The highest BCUT2D eigenvalue weighted by Crippen LogP contribution is 2.40. The van der Waals surface area contributed by atoms with Crippen LogP contribution < -0.4 is 5.73 Å². The smallest absolute Gasteiger partial charge is 0.217 e. The van der Waals surface area contributed by atoms with Crippen LogP contribution in [0.1, 0.15) is 68.1 Å². The summed E-state index contributed by atoms with van der Waals surface area (Å²) in [4.78, 5) is 11.8. The lowest BCUT2D eigenvalue weighted by atomic mass is 9.72. The van der Waals surface area contributed by atoms with E-state index < -0.39 is 0 Å². The number of carbonyl (C=O) groups is 1. The molecule has 0 fully saturated rings. The second-order valence-electron chi connectivity index (χ2n) is 10.4. The Bertz CT molecular complexity index is 906. The first-order valence-corrected chi connectivity index (χ1v) is 14.3. The summed E-state index contributed by atoms with van der Waals surface area (Å²) in [6.45, 7) is 3.95. The zero-order valence-corrected chi connectivity index (χ0v) is 23.3. The van der Waals surface area contributed by atoms with Crippen molar-refractivity contribution in [3.63, 3.8) is 0 Å². The van der Waals surface area contributed by atoms with Gasteiger partial charge in [-0.15, -0.1) is 0 Å². The molecule has 210 valence electrons. The van der Waals surface area contributed by atoms with Crippen LogP contribution in [0.4, 0.5) is 0 Å². The molecule has 0 atom stereocenters. The lowest BCUT2D eigenvalue weighted by Crippen LogP contribution is -2.26. The van der Waals surface area contributed by atoms with Crippen molar-refractivity contribution in [2.45, 2.75) is 71.2 Å². The Labute approximate surface area is 234 Å². The Morgan fingerprint density at radius 3 is 1.18 bits per heavy atom. The second-order valence-corrected chi connectivity index (χ2v) is 10.4. The SMILES string of the molecule is NC(=O)CCC(CCCOCc1ccccc1)(CCCOCc1ccccc1)CCCOCc1ccccc1. The van der Waals surface area contributed by atoms with Crippen LogP contribution in [0.5, 0.6) is 0 Å². The molecule has 5 heteroatoms. The van der Waals surface area contributed by atoms with Crippen LogP contribution in [-0.4, -0.2) is 25.7 Å². The third-order valence-corrected chi connectivity index (χ3v) is 7.22. The topological polar surface area (TPSA) is 70.8 Å². The van der Waals surface area contributed by atoms with Crippen LogP contribution in [0.25, 0.3) is 0 Å². The highest BCUT2D eigenvalue weighted by atomic mass is 16.5. The molecule has 0 heterocycles. The third kappa shape index (κ3) is 13.1. The van der Waals surface area contributed by atoms with Gasteiger partial charge >= 0.3 is 0 Å². The van der Waals surface area contributed by atoms with Gasteiger partial charge in [0.05, 0.1) is 19.8 Å². The van der Waals surface area contributed by atoms with Gasteiger partial charge in [-0.25, -0.2) is 0 Å². The molecule has 3 aromatic rings. The summed E-state index contributed by atoms with van der Waals surface area (Å²) < 4.78 is 18.0. The molecule has 2 N–H and O–H groups in total. The van der Waals surface area contributed by atoms with E-state index in [9.17, 15) is 4.79 Å². The van der Waals surface area contributed by atoms with E-state index >= 15 is 0 Å². The van der Waals surface area contributed by atoms with Gasteiger partial charge in [-0.05, 0) is 67.1 Å². The summed E-state index contributed by atoms with van der Waals surface area (Å²) in [5, 5.41) is 0. The lowest BCUT2D eigenvalue weighted by Gasteiger charge is -2.34. The number of carbonyl (C=O) groups excluding carboxylic acids is 1. The summed E-state index contributed by atoms with van der Waals surface area (Å²) in [5.74, 6) is -0.236. The molecule has 0 saturated carbocycles. The van der Waals surface area contributed by atoms with E-state index in [-0.39, 0.29) is 11.3 Å². The number of nitrogens with two attached hydrogens (primary N) is 1. The van der Waals surface area contributed by atoms with Crippen molar-refractivity contribution in [1.29, 1.82) is 0 Å². The van der Waals surface area contributed by atoms with Crippen LogP contribution in [0.15, 0.2) is 91.0 Å². The fourth-order valence-electron chi connectivity index (χ4n) is 5.08. The Kier molecular flexibility index (Phi) is 14.4. The van der Waals surface area contributed by atoms with E-state index in [1.54, 1.807) is 0 Å². The van der Waals surface area contributed by atoms with Crippen LogP contribution in [0, 0.1) is 5.41 Å². The van der Waals surface area contributed by atoms with Crippen LogP contribution in [0.2, 0.25) is 0 Å². The molecular weight excluding hydrogens is 486 g/mol. The molecule has 0 aliphatic carbocycles. The minimum atomic E-state index is -0.236. The molecule has 0 spiro atoms. The standard InChI is InChI=1S/C34H45NO4/c35-33(36)19-23-34(20-10-24-37-27-30-13-4-1-5-14-30,21-11-25-38-28-31-15-6-2-7-16-31)22-12-26-39-29-32-17-8-3-9-18-32/h1-9,13-18H,10-12,19-29H2,(H2,35,36). The van der Waals surface area contributed by atoms with Crippen molar-refractivity contribution in [2.24, 2.45) is 11.1 Å². The molecular formula is C34H45NO4. The number of ether oxygens (including phenoxy) is 3. The maximum absolute atomic E-state index is 11.8. The van der Waals surface area contributed by atoms with E-state index in [2.05, 4.69) is 36.4 Å². The van der Waals surface area contributed by atoms with Gasteiger partial charge in [0.1, 0.15) is 0 Å². The second kappa shape index (κ2) is 18.3. The maximum Gasteiger partial charge on any atom is 0.217 e. The Balaban J connectivity index is 1.51. The first-order chi connectivity index (χ1) is 19.2. The molecule has 5 nitrogen and oxygen atoms in total. The first-order valence-electron chi connectivity index (χ1n) is 14.3. The summed E-state index contributed by atoms with van der Waals surface area (Å²) in [6.07, 6.45) is 7.01. The van der Waals surface area contributed by atoms with Crippen molar-refractivity contribution in [1.82, 2.24) is 0 Å². The highest BCUT2D eigenvalue weighted by molar-refractivity contribution is 5.73. The van der Waals surface area contributed by atoms with Crippen molar-refractivity contribution in [3.8, 4) is 0 Å². The van der Waals surface area contributed by atoms with Gasteiger partial charge < -0.3 is 19.9 Å². The molecule has 1 amide bonds. The van der Waals surface area contributed by atoms with Gasteiger partial charge in [0.2, 0.25) is 5.91 Å². The molecule has 3 rings (SSSR count). The molecule has 0 aromatic heterocycles. The van der Waals surface area contributed by atoms with Crippen molar-refractivity contribution >= 4 is 5.91 Å².